The summed E-state index contributed by atoms with van der Waals surface area (Å²) in [7, 11) is -4.07. The molecule has 9 atom stereocenters. The normalized spacial score (nSPS) is 42.9. The first-order chi connectivity index (χ1) is 15.8. The van der Waals surface area contributed by atoms with E-state index in [4.69, 9.17) is 4.55 Å². The summed E-state index contributed by atoms with van der Waals surface area (Å²) in [6.45, 7) is 6.98. The fourth-order valence-corrected chi connectivity index (χ4v) is 9.32. The van der Waals surface area contributed by atoms with Crippen LogP contribution < -0.4 is 5.32 Å². The van der Waals surface area contributed by atoms with Crippen molar-refractivity contribution < 1.29 is 27.7 Å². The molecule has 8 heteroatoms. The Balaban J connectivity index is 1.39. The second-order valence-corrected chi connectivity index (χ2v) is 14.0. The molecule has 0 spiro atoms. The third kappa shape index (κ3) is 4.83. The lowest BCUT2D eigenvalue weighted by Gasteiger charge is -2.62. The van der Waals surface area contributed by atoms with Crippen LogP contribution in [-0.4, -0.2) is 48.2 Å². The summed E-state index contributed by atoms with van der Waals surface area (Å²) in [4.78, 5) is 24.3. The van der Waals surface area contributed by atoms with Crippen molar-refractivity contribution in [3.05, 3.63) is 0 Å². The highest BCUT2D eigenvalue weighted by Crippen LogP contribution is 2.68. The Kier molecular flexibility index (Phi) is 7.27. The zero-order valence-electron chi connectivity index (χ0n) is 21.0. The van der Waals surface area contributed by atoms with E-state index in [9.17, 15) is 23.1 Å². The monoisotopic (exact) mass is 497 g/mol. The van der Waals surface area contributed by atoms with E-state index in [0.29, 0.717) is 60.6 Å². The third-order valence-electron chi connectivity index (χ3n) is 10.8. The van der Waals surface area contributed by atoms with Crippen LogP contribution in [0.5, 0.6) is 0 Å². The Morgan fingerprint density at radius 2 is 1.85 bits per heavy atom. The molecule has 4 aliphatic rings. The van der Waals surface area contributed by atoms with Crippen molar-refractivity contribution in [2.24, 2.45) is 46.3 Å². The number of hydrogen-bond acceptors (Lipinski definition) is 5. The first-order valence-corrected chi connectivity index (χ1v) is 14.9. The van der Waals surface area contributed by atoms with E-state index in [1.165, 1.54) is 0 Å². The van der Waals surface area contributed by atoms with Crippen molar-refractivity contribution in [3.8, 4) is 0 Å². The molecule has 1 amide bonds. The van der Waals surface area contributed by atoms with Crippen LogP contribution in [0, 0.1) is 46.3 Å². The summed E-state index contributed by atoms with van der Waals surface area (Å²) in [6, 6.07) is 0. The molecule has 0 saturated heterocycles. The molecule has 4 aliphatic carbocycles. The number of carbonyl (C=O) groups excluding carboxylic acids is 2. The molecule has 0 aromatic heterocycles. The quantitative estimate of drug-likeness (QED) is 0.462. The molecule has 4 saturated carbocycles. The Labute approximate surface area is 204 Å². The van der Waals surface area contributed by atoms with E-state index in [1.807, 2.05) is 0 Å². The molecule has 0 bridgehead atoms. The average molecular weight is 498 g/mol. The third-order valence-corrected chi connectivity index (χ3v) is 11.5. The minimum Gasteiger partial charge on any atom is -0.393 e. The van der Waals surface area contributed by atoms with Gasteiger partial charge >= 0.3 is 0 Å². The first-order valence-electron chi connectivity index (χ1n) is 13.3. The van der Waals surface area contributed by atoms with Gasteiger partial charge in [0.15, 0.2) is 0 Å². The molecule has 0 unspecified atom stereocenters. The summed E-state index contributed by atoms with van der Waals surface area (Å²) >= 11 is 0. The topological polar surface area (TPSA) is 121 Å². The number of carbonyl (C=O) groups is 2. The first kappa shape index (κ1) is 26.1. The number of amides is 1. The molecule has 0 aromatic rings. The van der Waals surface area contributed by atoms with E-state index in [1.54, 1.807) is 0 Å². The van der Waals surface area contributed by atoms with Crippen LogP contribution in [0.3, 0.4) is 0 Å². The van der Waals surface area contributed by atoms with Gasteiger partial charge in [-0.3, -0.25) is 14.1 Å². The molecule has 0 heterocycles. The van der Waals surface area contributed by atoms with Gasteiger partial charge in [0.1, 0.15) is 5.78 Å². The van der Waals surface area contributed by atoms with Crippen molar-refractivity contribution >= 4 is 21.8 Å². The van der Waals surface area contributed by atoms with Crippen molar-refractivity contribution in [1.82, 2.24) is 5.32 Å². The number of aliphatic hydroxyl groups is 1. The summed E-state index contributed by atoms with van der Waals surface area (Å²) in [5, 5.41) is 13.9. The lowest BCUT2D eigenvalue weighted by Crippen LogP contribution is -2.58. The van der Waals surface area contributed by atoms with Crippen molar-refractivity contribution in [1.29, 1.82) is 0 Å². The van der Waals surface area contributed by atoms with E-state index < -0.39 is 15.9 Å². The van der Waals surface area contributed by atoms with Crippen LogP contribution in [0.2, 0.25) is 0 Å². The van der Waals surface area contributed by atoms with Gasteiger partial charge in [0.25, 0.3) is 10.1 Å². The van der Waals surface area contributed by atoms with E-state index >= 15 is 0 Å². The van der Waals surface area contributed by atoms with Crippen LogP contribution in [0.15, 0.2) is 0 Å². The highest BCUT2D eigenvalue weighted by molar-refractivity contribution is 7.85. The Hall–Kier alpha value is -0.990. The second-order valence-electron chi connectivity index (χ2n) is 12.4. The Morgan fingerprint density at radius 3 is 2.56 bits per heavy atom. The maximum atomic E-state index is 12.2. The van der Waals surface area contributed by atoms with E-state index in [0.717, 1.165) is 44.9 Å². The molecule has 3 N–H and O–H groups in total. The van der Waals surface area contributed by atoms with Gasteiger partial charge in [-0.05, 0) is 91.3 Å². The largest absolute Gasteiger partial charge is 0.393 e. The fraction of sp³-hybridized carbons (Fsp3) is 0.923. The molecular formula is C26H43NO6S. The van der Waals surface area contributed by atoms with Gasteiger partial charge in [0.2, 0.25) is 5.91 Å². The van der Waals surface area contributed by atoms with Crippen molar-refractivity contribution in [2.75, 3.05) is 12.3 Å². The molecule has 194 valence electrons. The van der Waals surface area contributed by atoms with Crippen LogP contribution in [0.4, 0.5) is 0 Å². The average Bonchev–Trinajstić information content (AvgIpc) is 3.09. The van der Waals surface area contributed by atoms with E-state index in [2.05, 4.69) is 26.1 Å². The molecule has 7 nitrogen and oxygen atoms in total. The number of ketones is 1. The number of Topliss-reactive ketones (excluding diaryl/α,β-unsaturated/α-hetero) is 1. The molecule has 0 aromatic carbocycles. The highest BCUT2D eigenvalue weighted by Gasteiger charge is 2.62. The van der Waals surface area contributed by atoms with Gasteiger partial charge in [0, 0.05) is 25.8 Å². The lowest BCUT2D eigenvalue weighted by atomic mass is 9.44. The van der Waals surface area contributed by atoms with Gasteiger partial charge in [0.05, 0.1) is 11.9 Å². The standard InChI is InChI=1S/C26H43NO6S/c1-16(4-7-23(30)27-12-13-34(31,32)33)19-5-6-20-24-21(9-11-26(19,20)3)25(2)10-8-18(28)14-17(25)15-22(24)29/h16-17,19-22,24,29H,4-15H2,1-3H3,(H,27,30)(H,31,32,33)/t16-,17+,19-,20+,21+,22-,24+,25+,26-/m1/s1. The molecule has 0 aliphatic heterocycles. The van der Waals surface area contributed by atoms with Crippen molar-refractivity contribution in [3.63, 3.8) is 0 Å². The molecule has 0 radical (unpaired) electrons. The highest BCUT2D eigenvalue weighted by atomic mass is 32.2. The molecule has 34 heavy (non-hydrogen) atoms. The lowest BCUT2D eigenvalue weighted by molar-refractivity contribution is -0.168. The Bertz CT molecular complexity index is 905. The van der Waals surface area contributed by atoms with Crippen LogP contribution >= 0.6 is 0 Å². The zero-order valence-corrected chi connectivity index (χ0v) is 21.8. The number of rotatable bonds is 7. The molecule has 4 fully saturated rings. The van der Waals surface area contributed by atoms with Gasteiger partial charge < -0.3 is 10.4 Å². The number of fused-ring (bicyclic) bond motifs is 5. The van der Waals surface area contributed by atoms with E-state index in [-0.39, 0.29) is 29.4 Å². The van der Waals surface area contributed by atoms with Crippen LogP contribution in [-0.2, 0) is 19.7 Å². The van der Waals surface area contributed by atoms with Gasteiger partial charge in [-0.1, -0.05) is 20.8 Å². The maximum Gasteiger partial charge on any atom is 0.266 e. The summed E-state index contributed by atoms with van der Waals surface area (Å²) in [5.74, 6) is 2.24. The summed E-state index contributed by atoms with van der Waals surface area (Å²) in [6.07, 6.45) is 8.39. The maximum absolute atomic E-state index is 12.2. The smallest absolute Gasteiger partial charge is 0.266 e. The van der Waals surface area contributed by atoms with Crippen LogP contribution in [0.1, 0.15) is 85.0 Å². The minimum atomic E-state index is -4.07. The van der Waals surface area contributed by atoms with Gasteiger partial charge in [-0.15, -0.1) is 0 Å². The number of hydrogen-bond donors (Lipinski definition) is 3. The number of aliphatic hydroxyl groups excluding tert-OH is 1. The van der Waals surface area contributed by atoms with Crippen LogP contribution in [0.25, 0.3) is 0 Å². The molecular weight excluding hydrogens is 454 g/mol. The zero-order chi connectivity index (χ0) is 24.9. The SMILES string of the molecule is C[C@H](CCC(=O)NCCS(=O)(=O)O)[C@H]1CC[C@H]2[C@@H]3[C@H](O)C[C@@H]4CC(=O)CC[C@]4(C)[C@H]3CC[C@]12C. The van der Waals surface area contributed by atoms with Crippen molar-refractivity contribution in [2.45, 2.75) is 91.1 Å². The van der Waals surface area contributed by atoms with Gasteiger partial charge in [-0.2, -0.15) is 8.42 Å². The molecule has 4 rings (SSSR count). The fourth-order valence-electron chi connectivity index (χ4n) is 8.96. The Morgan fingerprint density at radius 1 is 1.15 bits per heavy atom. The predicted octanol–water partition coefficient (Wildman–Crippen LogP) is 3.61. The predicted molar refractivity (Wildman–Crippen MR) is 129 cm³/mol. The van der Waals surface area contributed by atoms with Gasteiger partial charge in [-0.25, -0.2) is 0 Å². The summed E-state index contributed by atoms with van der Waals surface area (Å²) in [5.41, 5.74) is 0.333. The summed E-state index contributed by atoms with van der Waals surface area (Å²) < 4.78 is 30.5. The second kappa shape index (κ2) is 9.47. The minimum absolute atomic E-state index is 0.0679. The number of nitrogens with one attached hydrogen (secondary N) is 1.